The van der Waals surface area contributed by atoms with Gasteiger partial charge in [-0.15, -0.1) is 0 Å². The summed E-state index contributed by atoms with van der Waals surface area (Å²) in [6, 6.07) is 14.9. The standard InChI is InChI=1S/C20H19FN2O4/c21-17-9-6-16(7-10-17)12-22-19(25)14-27-20(26)13-23-18(24)11-8-15-4-2-1-3-5-15/h1-11H,12-14H2,(H,22,25)(H,23,24)/b11-8+. The summed E-state index contributed by atoms with van der Waals surface area (Å²) in [5.41, 5.74) is 1.57. The van der Waals surface area contributed by atoms with E-state index >= 15 is 0 Å². The highest BCUT2D eigenvalue weighted by Crippen LogP contribution is 2.02. The largest absolute Gasteiger partial charge is 0.454 e. The maximum atomic E-state index is 12.8. The highest BCUT2D eigenvalue weighted by molar-refractivity contribution is 5.93. The number of benzene rings is 2. The molecule has 0 radical (unpaired) electrons. The maximum absolute atomic E-state index is 12.8. The summed E-state index contributed by atoms with van der Waals surface area (Å²) in [6.07, 6.45) is 2.92. The van der Waals surface area contributed by atoms with Crippen LogP contribution in [0.5, 0.6) is 0 Å². The Kier molecular flexibility index (Phi) is 7.71. The van der Waals surface area contributed by atoms with Crippen LogP contribution in [0.25, 0.3) is 6.08 Å². The molecule has 0 unspecified atom stereocenters. The van der Waals surface area contributed by atoms with Crippen LogP contribution in [0.15, 0.2) is 60.7 Å². The molecule has 0 saturated heterocycles. The van der Waals surface area contributed by atoms with E-state index in [2.05, 4.69) is 10.6 Å². The van der Waals surface area contributed by atoms with Gasteiger partial charge in [0.2, 0.25) is 5.91 Å². The molecule has 0 fully saturated rings. The first-order valence-electron chi connectivity index (χ1n) is 8.20. The molecule has 0 heterocycles. The van der Waals surface area contributed by atoms with Crippen molar-refractivity contribution >= 4 is 23.9 Å². The zero-order chi connectivity index (χ0) is 19.5. The van der Waals surface area contributed by atoms with Gasteiger partial charge >= 0.3 is 5.97 Å². The molecule has 2 rings (SSSR count). The number of carbonyl (C=O) groups is 3. The van der Waals surface area contributed by atoms with Gasteiger partial charge in [0.15, 0.2) is 6.61 Å². The van der Waals surface area contributed by atoms with Gasteiger partial charge in [-0.2, -0.15) is 0 Å². The summed E-state index contributed by atoms with van der Waals surface area (Å²) in [6.45, 7) is -0.614. The molecule has 0 saturated carbocycles. The molecule has 0 bridgehead atoms. The zero-order valence-corrected chi connectivity index (χ0v) is 14.5. The molecule has 0 spiro atoms. The lowest BCUT2D eigenvalue weighted by atomic mass is 10.2. The average Bonchev–Trinajstić information content (AvgIpc) is 2.69. The molecule has 2 aromatic rings. The smallest absolute Gasteiger partial charge is 0.325 e. The molecule has 0 aliphatic rings. The van der Waals surface area contributed by atoms with Crippen molar-refractivity contribution in [3.63, 3.8) is 0 Å². The van der Waals surface area contributed by atoms with E-state index in [0.717, 1.165) is 5.56 Å². The van der Waals surface area contributed by atoms with Gasteiger partial charge in [0.05, 0.1) is 0 Å². The van der Waals surface area contributed by atoms with Crippen molar-refractivity contribution in [2.45, 2.75) is 6.54 Å². The first-order chi connectivity index (χ1) is 13.0. The topological polar surface area (TPSA) is 84.5 Å². The van der Waals surface area contributed by atoms with E-state index in [4.69, 9.17) is 4.74 Å². The molecule has 27 heavy (non-hydrogen) atoms. The highest BCUT2D eigenvalue weighted by Gasteiger charge is 2.08. The van der Waals surface area contributed by atoms with Crippen molar-refractivity contribution in [1.29, 1.82) is 0 Å². The highest BCUT2D eigenvalue weighted by atomic mass is 19.1. The number of hydrogen-bond donors (Lipinski definition) is 2. The maximum Gasteiger partial charge on any atom is 0.325 e. The van der Waals surface area contributed by atoms with Crippen LogP contribution in [0.2, 0.25) is 0 Å². The molecule has 0 aliphatic heterocycles. The van der Waals surface area contributed by atoms with E-state index in [1.54, 1.807) is 18.2 Å². The van der Waals surface area contributed by atoms with E-state index in [1.165, 1.54) is 18.2 Å². The van der Waals surface area contributed by atoms with Crippen LogP contribution >= 0.6 is 0 Å². The summed E-state index contributed by atoms with van der Waals surface area (Å²) in [5.74, 6) is -2.03. The van der Waals surface area contributed by atoms with Crippen molar-refractivity contribution < 1.29 is 23.5 Å². The monoisotopic (exact) mass is 370 g/mol. The van der Waals surface area contributed by atoms with E-state index in [0.29, 0.717) is 5.56 Å². The molecular formula is C20H19FN2O4. The molecule has 0 aromatic heterocycles. The predicted molar refractivity (Wildman–Crippen MR) is 97.7 cm³/mol. The molecule has 2 N–H and O–H groups in total. The number of hydrogen-bond acceptors (Lipinski definition) is 4. The Morgan fingerprint density at radius 2 is 1.67 bits per heavy atom. The summed E-state index contributed by atoms with van der Waals surface area (Å²) < 4.78 is 17.6. The molecule has 7 heteroatoms. The number of halogens is 1. The molecule has 0 atom stereocenters. The molecular weight excluding hydrogens is 351 g/mol. The third-order valence-electron chi connectivity index (χ3n) is 3.40. The third kappa shape index (κ3) is 7.96. The van der Waals surface area contributed by atoms with Crippen LogP contribution in [0.3, 0.4) is 0 Å². The second-order valence-electron chi connectivity index (χ2n) is 5.53. The zero-order valence-electron chi connectivity index (χ0n) is 14.5. The number of nitrogens with one attached hydrogen (secondary N) is 2. The normalized spacial score (nSPS) is 10.4. The number of ether oxygens (including phenoxy) is 1. The molecule has 140 valence electrons. The molecule has 2 amide bonds. The average molecular weight is 370 g/mol. The Bertz CT molecular complexity index is 804. The van der Waals surface area contributed by atoms with Crippen LogP contribution in [-0.2, 0) is 25.7 Å². The van der Waals surface area contributed by atoms with Crippen molar-refractivity contribution in [3.05, 3.63) is 77.6 Å². The lowest BCUT2D eigenvalue weighted by molar-refractivity contribution is -0.148. The summed E-state index contributed by atoms with van der Waals surface area (Å²) in [4.78, 5) is 34.8. The SMILES string of the molecule is O=C(/C=C/c1ccccc1)NCC(=O)OCC(=O)NCc1ccc(F)cc1. The van der Waals surface area contributed by atoms with Gasteiger partial charge in [0, 0.05) is 12.6 Å². The van der Waals surface area contributed by atoms with Crippen molar-refractivity contribution in [3.8, 4) is 0 Å². The van der Waals surface area contributed by atoms with E-state index in [9.17, 15) is 18.8 Å². The van der Waals surface area contributed by atoms with Gasteiger partial charge in [0.25, 0.3) is 5.91 Å². The second kappa shape index (κ2) is 10.5. The Labute approximate surface area is 156 Å². The van der Waals surface area contributed by atoms with E-state index < -0.39 is 24.4 Å². The first kappa shape index (κ1) is 19.8. The van der Waals surface area contributed by atoms with Gasteiger partial charge in [-0.3, -0.25) is 14.4 Å². The fourth-order valence-corrected chi connectivity index (χ4v) is 2.01. The van der Waals surface area contributed by atoms with Gasteiger partial charge in [0.1, 0.15) is 12.4 Å². The van der Waals surface area contributed by atoms with Crippen molar-refractivity contribution in [2.24, 2.45) is 0 Å². The predicted octanol–water partition coefficient (Wildman–Crippen LogP) is 1.81. The summed E-state index contributed by atoms with van der Waals surface area (Å²) in [7, 11) is 0. The molecule has 0 aliphatic carbocycles. The van der Waals surface area contributed by atoms with Gasteiger partial charge in [-0.1, -0.05) is 42.5 Å². The Morgan fingerprint density at radius 3 is 2.37 bits per heavy atom. The van der Waals surface area contributed by atoms with Crippen LogP contribution in [0, 0.1) is 5.82 Å². The van der Waals surface area contributed by atoms with Crippen LogP contribution in [-0.4, -0.2) is 30.9 Å². The lowest BCUT2D eigenvalue weighted by Gasteiger charge is -2.07. The number of amides is 2. The van der Waals surface area contributed by atoms with Gasteiger partial charge < -0.3 is 15.4 Å². The van der Waals surface area contributed by atoms with Crippen molar-refractivity contribution in [2.75, 3.05) is 13.2 Å². The minimum atomic E-state index is -0.728. The molecule has 2 aromatic carbocycles. The first-order valence-corrected chi connectivity index (χ1v) is 8.20. The van der Waals surface area contributed by atoms with Crippen molar-refractivity contribution in [1.82, 2.24) is 10.6 Å². The van der Waals surface area contributed by atoms with Gasteiger partial charge in [-0.25, -0.2) is 4.39 Å². The van der Waals surface area contributed by atoms with Crippen LogP contribution in [0.4, 0.5) is 4.39 Å². The minimum Gasteiger partial charge on any atom is -0.454 e. The third-order valence-corrected chi connectivity index (χ3v) is 3.40. The van der Waals surface area contributed by atoms with E-state index in [1.807, 2.05) is 30.3 Å². The molecule has 6 nitrogen and oxygen atoms in total. The fraction of sp³-hybridized carbons (Fsp3) is 0.150. The van der Waals surface area contributed by atoms with Gasteiger partial charge in [-0.05, 0) is 29.3 Å². The quantitative estimate of drug-likeness (QED) is 0.548. The fourth-order valence-electron chi connectivity index (χ4n) is 2.01. The second-order valence-corrected chi connectivity index (χ2v) is 5.53. The minimum absolute atomic E-state index is 0.192. The van der Waals surface area contributed by atoms with Crippen LogP contribution in [0.1, 0.15) is 11.1 Å². The summed E-state index contributed by atoms with van der Waals surface area (Å²) >= 11 is 0. The Hall–Kier alpha value is -3.48. The Balaban J connectivity index is 1.62. The Morgan fingerprint density at radius 1 is 0.963 bits per heavy atom. The number of rotatable bonds is 8. The van der Waals surface area contributed by atoms with E-state index in [-0.39, 0.29) is 18.9 Å². The lowest BCUT2D eigenvalue weighted by Crippen LogP contribution is -2.33. The number of esters is 1. The van der Waals surface area contributed by atoms with Crippen LogP contribution < -0.4 is 10.6 Å². The summed E-state index contributed by atoms with van der Waals surface area (Å²) in [5, 5.41) is 4.91. The number of carbonyl (C=O) groups excluding carboxylic acids is 3.